The molecule has 8 heteroatoms. The van der Waals surface area contributed by atoms with Crippen molar-refractivity contribution in [1.29, 1.82) is 0 Å². The van der Waals surface area contributed by atoms with Gasteiger partial charge >= 0.3 is 0 Å². The fourth-order valence-electron chi connectivity index (χ4n) is 2.32. The first-order valence-corrected chi connectivity index (χ1v) is 8.56. The standard InChI is InChI=1S/C16H12N4O3S/c21-24(22,14-9-17-23-11-14)19-13-6-4-12(5-7-13)15-10-20-8-2-1-3-16(20)18-15/h1-11,19H. The lowest BCUT2D eigenvalue weighted by Crippen LogP contribution is -2.11. The summed E-state index contributed by atoms with van der Waals surface area (Å²) in [5.41, 5.74) is 3.01. The number of anilines is 1. The molecule has 4 rings (SSSR count). The molecule has 0 saturated carbocycles. The van der Waals surface area contributed by atoms with Crippen LogP contribution < -0.4 is 4.72 Å². The highest BCUT2D eigenvalue weighted by Gasteiger charge is 2.16. The summed E-state index contributed by atoms with van der Waals surface area (Å²) >= 11 is 0. The minimum atomic E-state index is -3.69. The van der Waals surface area contributed by atoms with Crippen LogP contribution in [-0.2, 0) is 10.0 Å². The zero-order chi connectivity index (χ0) is 16.6. The molecule has 0 saturated heterocycles. The molecule has 0 fully saturated rings. The molecule has 0 spiro atoms. The molecule has 0 radical (unpaired) electrons. The first-order valence-electron chi connectivity index (χ1n) is 7.08. The van der Waals surface area contributed by atoms with Gasteiger partial charge < -0.3 is 8.92 Å². The molecule has 120 valence electrons. The van der Waals surface area contributed by atoms with Gasteiger partial charge in [0.2, 0.25) is 0 Å². The van der Waals surface area contributed by atoms with Crippen molar-refractivity contribution in [1.82, 2.24) is 14.5 Å². The molecule has 0 amide bonds. The second-order valence-corrected chi connectivity index (χ2v) is 6.82. The molecule has 3 aromatic heterocycles. The predicted molar refractivity (Wildman–Crippen MR) is 87.9 cm³/mol. The number of aromatic nitrogens is 3. The zero-order valence-corrected chi connectivity index (χ0v) is 13.1. The first kappa shape index (κ1) is 14.5. The lowest BCUT2D eigenvalue weighted by atomic mass is 10.1. The highest BCUT2D eigenvalue weighted by Crippen LogP contribution is 2.22. The molecule has 0 aliphatic heterocycles. The van der Waals surface area contributed by atoms with E-state index in [0.29, 0.717) is 5.69 Å². The van der Waals surface area contributed by atoms with Crippen molar-refractivity contribution in [3.63, 3.8) is 0 Å². The van der Waals surface area contributed by atoms with E-state index in [-0.39, 0.29) is 4.90 Å². The van der Waals surface area contributed by atoms with Crippen molar-refractivity contribution < 1.29 is 12.9 Å². The van der Waals surface area contributed by atoms with Crippen LogP contribution in [0.15, 0.2) is 76.7 Å². The maximum absolute atomic E-state index is 12.1. The summed E-state index contributed by atoms with van der Waals surface area (Å²) in [7, 11) is -3.69. The molecule has 1 N–H and O–H groups in total. The van der Waals surface area contributed by atoms with Crippen molar-refractivity contribution in [2.75, 3.05) is 4.72 Å². The Bertz CT molecular complexity index is 1050. The molecule has 0 bridgehead atoms. The van der Waals surface area contributed by atoms with Crippen LogP contribution in [0.4, 0.5) is 5.69 Å². The van der Waals surface area contributed by atoms with E-state index < -0.39 is 10.0 Å². The van der Waals surface area contributed by atoms with Crippen molar-refractivity contribution in [2.45, 2.75) is 4.90 Å². The van der Waals surface area contributed by atoms with Gasteiger partial charge in [-0.1, -0.05) is 23.4 Å². The minimum Gasteiger partial charge on any atom is -0.363 e. The van der Waals surface area contributed by atoms with Gasteiger partial charge in [0, 0.05) is 23.6 Å². The fourth-order valence-corrected chi connectivity index (χ4v) is 3.24. The zero-order valence-electron chi connectivity index (χ0n) is 12.3. The van der Waals surface area contributed by atoms with Gasteiger partial charge in [0.1, 0.15) is 16.8 Å². The van der Waals surface area contributed by atoms with Gasteiger partial charge in [-0.2, -0.15) is 0 Å². The number of nitrogens with zero attached hydrogens (tertiary/aromatic N) is 3. The highest BCUT2D eigenvalue weighted by atomic mass is 32.2. The summed E-state index contributed by atoms with van der Waals surface area (Å²) in [5, 5.41) is 3.40. The molecule has 0 aliphatic rings. The Hall–Kier alpha value is -3.13. The summed E-state index contributed by atoms with van der Waals surface area (Å²) in [5.74, 6) is 0. The number of rotatable bonds is 4. The Morgan fingerprint density at radius 3 is 2.62 bits per heavy atom. The Labute approximate surface area is 137 Å². The summed E-state index contributed by atoms with van der Waals surface area (Å²) in [6, 6.07) is 12.8. The average Bonchev–Trinajstić information content (AvgIpc) is 3.25. The molecule has 0 atom stereocenters. The summed E-state index contributed by atoms with van der Waals surface area (Å²) in [6.45, 7) is 0. The topological polar surface area (TPSA) is 89.5 Å². The van der Waals surface area contributed by atoms with Crippen LogP contribution in [0, 0.1) is 0 Å². The van der Waals surface area contributed by atoms with E-state index in [1.54, 1.807) is 12.1 Å². The molecule has 4 aromatic rings. The van der Waals surface area contributed by atoms with Crippen LogP contribution in [0.2, 0.25) is 0 Å². The van der Waals surface area contributed by atoms with Crippen LogP contribution >= 0.6 is 0 Å². The van der Waals surface area contributed by atoms with E-state index in [0.717, 1.165) is 29.4 Å². The van der Waals surface area contributed by atoms with Gasteiger partial charge in [0.15, 0.2) is 0 Å². The quantitative estimate of drug-likeness (QED) is 0.617. The molecular formula is C16H12N4O3S. The third-order valence-corrected chi connectivity index (χ3v) is 4.84. The second kappa shape index (κ2) is 5.50. The largest absolute Gasteiger partial charge is 0.363 e. The summed E-state index contributed by atoms with van der Waals surface area (Å²) in [6.07, 6.45) is 6.07. The maximum Gasteiger partial charge on any atom is 0.266 e. The lowest BCUT2D eigenvalue weighted by Gasteiger charge is -2.06. The van der Waals surface area contributed by atoms with Crippen molar-refractivity contribution >= 4 is 21.4 Å². The van der Waals surface area contributed by atoms with Crippen molar-refractivity contribution in [3.8, 4) is 11.3 Å². The normalized spacial score (nSPS) is 11.7. The number of pyridine rings is 1. The van der Waals surface area contributed by atoms with Crippen LogP contribution in [0.1, 0.15) is 0 Å². The van der Waals surface area contributed by atoms with Gasteiger partial charge in [0.05, 0.1) is 11.9 Å². The first-order chi connectivity index (χ1) is 11.6. The Morgan fingerprint density at radius 1 is 1.08 bits per heavy atom. The van der Waals surface area contributed by atoms with Crippen LogP contribution in [0.25, 0.3) is 16.9 Å². The van der Waals surface area contributed by atoms with E-state index in [2.05, 4.69) is 19.4 Å². The van der Waals surface area contributed by atoms with Crippen molar-refractivity contribution in [3.05, 3.63) is 67.3 Å². The van der Waals surface area contributed by atoms with Gasteiger partial charge in [0.25, 0.3) is 10.0 Å². The Morgan fingerprint density at radius 2 is 1.92 bits per heavy atom. The molecule has 3 heterocycles. The molecular weight excluding hydrogens is 328 g/mol. The third-order valence-electron chi connectivity index (χ3n) is 3.52. The van der Waals surface area contributed by atoms with Crippen LogP contribution in [-0.4, -0.2) is 23.0 Å². The van der Waals surface area contributed by atoms with Gasteiger partial charge in [-0.15, -0.1) is 0 Å². The molecule has 0 aliphatic carbocycles. The number of hydrogen-bond acceptors (Lipinski definition) is 5. The average molecular weight is 340 g/mol. The van der Waals surface area contributed by atoms with E-state index in [1.807, 2.05) is 47.1 Å². The fraction of sp³-hybridized carbons (Fsp3) is 0. The van der Waals surface area contributed by atoms with Gasteiger partial charge in [-0.3, -0.25) is 4.72 Å². The third kappa shape index (κ3) is 2.63. The summed E-state index contributed by atoms with van der Waals surface area (Å²) in [4.78, 5) is 4.51. The van der Waals surface area contributed by atoms with E-state index >= 15 is 0 Å². The minimum absolute atomic E-state index is 0.0214. The molecule has 0 unspecified atom stereocenters. The number of sulfonamides is 1. The number of benzene rings is 1. The molecule has 7 nitrogen and oxygen atoms in total. The maximum atomic E-state index is 12.1. The Kier molecular flexibility index (Phi) is 3.31. The van der Waals surface area contributed by atoms with Crippen molar-refractivity contribution in [2.24, 2.45) is 0 Å². The predicted octanol–water partition coefficient (Wildman–Crippen LogP) is 2.79. The van der Waals surface area contributed by atoms with E-state index in [1.165, 1.54) is 0 Å². The van der Waals surface area contributed by atoms with Gasteiger partial charge in [-0.05, 0) is 24.3 Å². The van der Waals surface area contributed by atoms with E-state index in [4.69, 9.17) is 0 Å². The number of nitrogens with one attached hydrogen (secondary N) is 1. The number of fused-ring (bicyclic) bond motifs is 1. The molecule has 24 heavy (non-hydrogen) atoms. The van der Waals surface area contributed by atoms with Crippen LogP contribution in [0.5, 0.6) is 0 Å². The second-order valence-electron chi connectivity index (χ2n) is 5.14. The molecule has 1 aromatic carbocycles. The number of imidazole rings is 1. The van der Waals surface area contributed by atoms with E-state index in [9.17, 15) is 8.42 Å². The lowest BCUT2D eigenvalue weighted by molar-refractivity contribution is 0.417. The number of hydrogen-bond donors (Lipinski definition) is 1. The van der Waals surface area contributed by atoms with Gasteiger partial charge in [-0.25, -0.2) is 13.4 Å². The Balaban J connectivity index is 1.61. The smallest absolute Gasteiger partial charge is 0.266 e. The summed E-state index contributed by atoms with van der Waals surface area (Å²) < 4.78 is 33.2. The van der Waals surface area contributed by atoms with Crippen LogP contribution in [0.3, 0.4) is 0 Å². The monoisotopic (exact) mass is 340 g/mol. The SMILES string of the molecule is O=S(=O)(Nc1ccc(-c2cn3ccccc3n2)cc1)c1cnoc1. The highest BCUT2D eigenvalue weighted by molar-refractivity contribution is 7.92.